The molecular weight excluding hydrogens is 1060 g/mol. The van der Waals surface area contributed by atoms with Gasteiger partial charge < -0.3 is 20.7 Å². The van der Waals surface area contributed by atoms with Gasteiger partial charge in [-0.25, -0.2) is 13.2 Å². The van der Waals surface area contributed by atoms with Crippen LogP contribution < -0.4 is 16.0 Å². The van der Waals surface area contributed by atoms with Crippen molar-refractivity contribution in [2.24, 2.45) is 11.8 Å². The Morgan fingerprint density at radius 3 is 1.25 bits per heavy atom. The van der Waals surface area contributed by atoms with Crippen molar-refractivity contribution in [1.82, 2.24) is 0 Å². The molecule has 9 nitrogen and oxygen atoms in total. The highest BCUT2D eigenvalue weighted by Gasteiger charge is 2.75. The minimum Gasteiger partial charge on any atom is -0.382 e. The average Bonchev–Trinajstić information content (AvgIpc) is 4.20. The molecular formula is C42H28F22N4O5. The van der Waals surface area contributed by atoms with Crippen LogP contribution in [0.1, 0.15) is 68.7 Å². The van der Waals surface area contributed by atoms with Crippen molar-refractivity contribution in [1.29, 1.82) is 0 Å². The minimum atomic E-state index is -6.70. The fourth-order valence-corrected chi connectivity index (χ4v) is 6.05. The first-order valence-electron chi connectivity index (χ1n) is 19.8. The summed E-state index contributed by atoms with van der Waals surface area (Å²) < 4.78 is 292. The normalized spacial score (nSPS) is 14.7. The lowest BCUT2D eigenvalue weighted by Crippen LogP contribution is -2.50. The summed E-state index contributed by atoms with van der Waals surface area (Å²) in [7, 11) is 0. The molecule has 400 valence electrons. The Kier molecular flexibility index (Phi) is 16.8. The molecule has 3 N–H and O–H groups in total. The van der Waals surface area contributed by atoms with E-state index in [2.05, 4.69) is 5.32 Å². The van der Waals surface area contributed by atoms with Gasteiger partial charge in [0.05, 0.1) is 44.2 Å². The van der Waals surface area contributed by atoms with E-state index in [-0.39, 0.29) is 30.0 Å². The van der Waals surface area contributed by atoms with Crippen molar-refractivity contribution in [2.75, 3.05) is 22.5 Å². The SMILES string of the molecule is O=C(Nc1ccc(C(F)(C(F)(F)F)C(F)(F)F)cc1C(F)(F)F)c1cccc(NCC2CC2)c1F.O=C(Nc1ccc(C(F)(C(F)(F)F)C(F)(F)F)cc1C(F)(F)F)c1cccc([N+](=O)[O-])c1F.O=CC1CC1. The van der Waals surface area contributed by atoms with Crippen LogP contribution in [0.3, 0.4) is 0 Å². The number of carbonyl (C=O) groups excluding carboxylic acids is 3. The van der Waals surface area contributed by atoms with Crippen molar-refractivity contribution >= 4 is 40.9 Å². The van der Waals surface area contributed by atoms with Gasteiger partial charge in [-0.1, -0.05) is 24.3 Å². The highest BCUT2D eigenvalue weighted by Crippen LogP contribution is 2.56. The smallest absolute Gasteiger partial charge is 0.382 e. The van der Waals surface area contributed by atoms with Gasteiger partial charge >= 0.3 is 54.1 Å². The zero-order valence-corrected chi connectivity index (χ0v) is 35.5. The Labute approximate surface area is 393 Å². The third kappa shape index (κ3) is 13.2. The Hall–Kier alpha value is -6.85. The summed E-state index contributed by atoms with van der Waals surface area (Å²) in [6, 6.07) is 3.35. The molecule has 2 aliphatic rings. The first kappa shape index (κ1) is 58.7. The molecule has 0 bridgehead atoms. The van der Waals surface area contributed by atoms with Crippen LogP contribution in [0, 0.1) is 33.6 Å². The lowest BCUT2D eigenvalue weighted by atomic mass is 9.92. The van der Waals surface area contributed by atoms with E-state index in [1.54, 1.807) is 5.32 Å². The van der Waals surface area contributed by atoms with E-state index >= 15 is 0 Å². The zero-order valence-electron chi connectivity index (χ0n) is 35.5. The molecule has 31 heteroatoms. The van der Waals surface area contributed by atoms with Crippen molar-refractivity contribution in [3.05, 3.63) is 128 Å². The maximum atomic E-state index is 14.7. The molecule has 2 amide bonds. The summed E-state index contributed by atoms with van der Waals surface area (Å²) in [6.45, 7) is 0.380. The predicted octanol–water partition coefficient (Wildman–Crippen LogP) is 14.1. The molecule has 0 heterocycles. The number of rotatable bonds is 11. The van der Waals surface area contributed by atoms with Crippen LogP contribution in [-0.2, 0) is 28.5 Å². The number of nitro groups is 1. The number of hydrogen-bond acceptors (Lipinski definition) is 6. The van der Waals surface area contributed by atoms with Crippen LogP contribution in [0.2, 0.25) is 0 Å². The van der Waals surface area contributed by atoms with Gasteiger partial charge in [-0.05, 0) is 74.1 Å². The van der Waals surface area contributed by atoms with Crippen molar-refractivity contribution in [2.45, 2.75) is 74.1 Å². The number of hydrogen-bond donors (Lipinski definition) is 3. The number of nitrogens with zero attached hydrogens (tertiary/aromatic N) is 1. The van der Waals surface area contributed by atoms with Crippen LogP contribution in [0.5, 0.6) is 0 Å². The lowest BCUT2D eigenvalue weighted by Gasteiger charge is -2.31. The van der Waals surface area contributed by atoms with Gasteiger partial charge in [0.1, 0.15) is 6.29 Å². The second-order valence-electron chi connectivity index (χ2n) is 15.6. The molecule has 2 fully saturated rings. The number of anilines is 3. The second-order valence-corrected chi connectivity index (χ2v) is 15.6. The molecule has 4 aromatic carbocycles. The molecule has 0 saturated heterocycles. The van der Waals surface area contributed by atoms with Crippen molar-refractivity contribution in [3.8, 4) is 0 Å². The van der Waals surface area contributed by atoms with E-state index in [0.717, 1.165) is 44.1 Å². The molecule has 2 saturated carbocycles. The summed E-state index contributed by atoms with van der Waals surface area (Å²) in [5, 5.41) is 16.4. The van der Waals surface area contributed by atoms with Crippen LogP contribution in [0.25, 0.3) is 0 Å². The van der Waals surface area contributed by atoms with Gasteiger partial charge in [-0.2, -0.15) is 83.4 Å². The van der Waals surface area contributed by atoms with Crippen LogP contribution in [0.15, 0.2) is 72.8 Å². The third-order valence-corrected chi connectivity index (χ3v) is 10.3. The van der Waals surface area contributed by atoms with E-state index in [4.69, 9.17) is 0 Å². The molecule has 73 heavy (non-hydrogen) atoms. The van der Waals surface area contributed by atoms with Crippen molar-refractivity contribution < 1.29 is 116 Å². The first-order valence-corrected chi connectivity index (χ1v) is 19.8. The molecule has 4 aromatic rings. The highest BCUT2D eigenvalue weighted by atomic mass is 19.4. The zero-order chi connectivity index (χ0) is 55.7. The lowest BCUT2D eigenvalue weighted by molar-refractivity contribution is -0.387. The fourth-order valence-electron chi connectivity index (χ4n) is 6.05. The van der Waals surface area contributed by atoms with Crippen LogP contribution >= 0.6 is 0 Å². The first-order chi connectivity index (χ1) is 33.2. The average molecular weight is 1090 g/mol. The quantitative estimate of drug-likeness (QED) is 0.0594. The monoisotopic (exact) mass is 1090 g/mol. The maximum absolute atomic E-state index is 14.7. The predicted molar refractivity (Wildman–Crippen MR) is 208 cm³/mol. The molecule has 2 aliphatic carbocycles. The molecule has 6 rings (SSSR count). The number of benzene rings is 4. The van der Waals surface area contributed by atoms with E-state index in [0.29, 0.717) is 30.5 Å². The van der Waals surface area contributed by atoms with E-state index < -0.39 is 139 Å². The second kappa shape index (κ2) is 20.9. The van der Waals surface area contributed by atoms with Crippen LogP contribution in [0.4, 0.5) is 119 Å². The standard InChI is InChI=1S/C21H15F11N2O.C17H7F11N2O3.C4H6O/c22-16-12(2-1-3-15(16)33-9-10-4-5-10)17(35)34-14-7-6-11(8-13(14)19(24,25)26)18(23,20(27,28)29)21(30,31)32;18-12-8(2-1-3-11(12)30(32)33)13(31)29-10-5-4-7(6-9(10)15(20,21)22)14(19,16(23,24)25)17(26,27)28;5-3-4-1-2-4/h1-3,6-8,10,33H,4-5,9H2,(H,34,35);1-6H,(H,29,31);3-4H,1-2H2. The minimum absolute atomic E-state index is 0.0367. The topological polar surface area (TPSA) is 130 Å². The molecule has 0 unspecified atom stereocenters. The highest BCUT2D eigenvalue weighted by molar-refractivity contribution is 6.06. The Bertz CT molecular complexity index is 2660. The Balaban J connectivity index is 0.000000288. The molecule has 0 spiro atoms. The van der Waals surface area contributed by atoms with E-state index in [1.807, 2.05) is 0 Å². The number of alkyl halides is 20. The summed E-state index contributed by atoms with van der Waals surface area (Å²) in [6.07, 6.45) is -32.9. The van der Waals surface area contributed by atoms with Crippen molar-refractivity contribution in [3.63, 3.8) is 0 Å². The Morgan fingerprint density at radius 1 is 0.548 bits per heavy atom. The number of nitrogens with one attached hydrogen (secondary N) is 3. The maximum Gasteiger partial charge on any atom is 0.435 e. The Morgan fingerprint density at radius 2 is 0.932 bits per heavy atom. The summed E-state index contributed by atoms with van der Waals surface area (Å²) >= 11 is 0. The molecule has 0 radical (unpaired) electrons. The molecule has 0 aromatic heterocycles. The summed E-state index contributed by atoms with van der Waals surface area (Å²) in [5.41, 5.74) is -27.7. The van der Waals surface area contributed by atoms with E-state index in [1.165, 1.54) is 17.4 Å². The summed E-state index contributed by atoms with van der Waals surface area (Å²) in [4.78, 5) is 43.6. The largest absolute Gasteiger partial charge is 0.435 e. The van der Waals surface area contributed by atoms with Gasteiger partial charge in [0.2, 0.25) is 5.82 Å². The number of nitro benzene ring substituents is 1. The van der Waals surface area contributed by atoms with Gasteiger partial charge in [0.15, 0.2) is 5.82 Å². The van der Waals surface area contributed by atoms with Crippen LogP contribution in [-0.4, -0.2) is 54.3 Å². The number of carbonyl (C=O) groups is 3. The van der Waals surface area contributed by atoms with Gasteiger partial charge in [-0.3, -0.25) is 19.7 Å². The summed E-state index contributed by atoms with van der Waals surface area (Å²) in [5.74, 6) is -5.37. The third-order valence-electron chi connectivity index (χ3n) is 10.3. The number of halogens is 22. The fraction of sp³-hybridized carbons (Fsp3) is 0.357. The van der Waals surface area contributed by atoms with E-state index in [9.17, 15) is 121 Å². The van der Waals surface area contributed by atoms with Gasteiger partial charge in [0.25, 0.3) is 11.8 Å². The number of amides is 2. The molecule has 0 aliphatic heterocycles. The van der Waals surface area contributed by atoms with Gasteiger partial charge in [-0.15, -0.1) is 0 Å². The molecule has 0 atom stereocenters. The van der Waals surface area contributed by atoms with Gasteiger partial charge in [0, 0.05) is 29.7 Å². The number of aldehydes is 1.